The van der Waals surface area contributed by atoms with Crippen LogP contribution in [0, 0.1) is 0 Å². The van der Waals surface area contributed by atoms with Gasteiger partial charge in [-0.15, -0.1) is 10.2 Å². The van der Waals surface area contributed by atoms with Gasteiger partial charge in [0.1, 0.15) is 17.4 Å². The first kappa shape index (κ1) is 17.5. The number of nitrogens with zero attached hydrogens (tertiary/aromatic N) is 3. The number of amides is 1. The lowest BCUT2D eigenvalue weighted by Gasteiger charge is -2.08. The largest absolute Gasteiger partial charge is 0.497 e. The Balaban J connectivity index is 1.41. The summed E-state index contributed by atoms with van der Waals surface area (Å²) in [6, 6.07) is 7.84. The standard InChI is InChI=1S/C19H26N4O2/c1-25-16-9-6-15(7-10-16)8-11-19(24)20-13-12-18-22-21-17-5-3-2-4-14-23(17)18/h6-7,9-10H,2-5,8,11-14H2,1H3,(H,20,24). The van der Waals surface area contributed by atoms with Crippen molar-refractivity contribution in [3.05, 3.63) is 41.5 Å². The molecule has 1 N–H and O–H groups in total. The van der Waals surface area contributed by atoms with Crippen LogP contribution in [0.5, 0.6) is 5.75 Å². The Labute approximate surface area is 148 Å². The van der Waals surface area contributed by atoms with Crippen molar-refractivity contribution in [2.75, 3.05) is 13.7 Å². The summed E-state index contributed by atoms with van der Waals surface area (Å²) in [5.41, 5.74) is 1.14. The van der Waals surface area contributed by atoms with E-state index < -0.39 is 0 Å². The average molecular weight is 342 g/mol. The fourth-order valence-corrected chi connectivity index (χ4v) is 3.18. The summed E-state index contributed by atoms with van der Waals surface area (Å²) in [6.45, 7) is 1.61. The maximum atomic E-state index is 12.0. The molecule has 1 aromatic heterocycles. The van der Waals surface area contributed by atoms with Gasteiger partial charge in [-0.05, 0) is 37.0 Å². The number of hydrogen-bond acceptors (Lipinski definition) is 4. The van der Waals surface area contributed by atoms with E-state index in [0.717, 1.165) is 48.8 Å². The minimum Gasteiger partial charge on any atom is -0.497 e. The predicted octanol–water partition coefficient (Wildman–Crippen LogP) is 2.30. The summed E-state index contributed by atoms with van der Waals surface area (Å²) in [5.74, 6) is 3.00. The van der Waals surface area contributed by atoms with E-state index in [9.17, 15) is 4.79 Å². The van der Waals surface area contributed by atoms with Crippen LogP contribution >= 0.6 is 0 Å². The highest BCUT2D eigenvalue weighted by atomic mass is 16.5. The minimum absolute atomic E-state index is 0.0754. The van der Waals surface area contributed by atoms with E-state index in [1.54, 1.807) is 7.11 Å². The first-order chi connectivity index (χ1) is 12.3. The van der Waals surface area contributed by atoms with Gasteiger partial charge in [0.15, 0.2) is 0 Å². The van der Waals surface area contributed by atoms with Crippen molar-refractivity contribution in [2.24, 2.45) is 0 Å². The number of fused-ring (bicyclic) bond motifs is 1. The van der Waals surface area contributed by atoms with E-state index >= 15 is 0 Å². The summed E-state index contributed by atoms with van der Waals surface area (Å²) < 4.78 is 7.37. The summed E-state index contributed by atoms with van der Waals surface area (Å²) in [4.78, 5) is 12.0. The third-order valence-electron chi connectivity index (χ3n) is 4.66. The summed E-state index contributed by atoms with van der Waals surface area (Å²) >= 11 is 0. The molecule has 0 radical (unpaired) electrons. The van der Waals surface area contributed by atoms with E-state index in [1.807, 2.05) is 24.3 Å². The van der Waals surface area contributed by atoms with Crippen LogP contribution in [0.25, 0.3) is 0 Å². The van der Waals surface area contributed by atoms with Crippen molar-refractivity contribution in [1.82, 2.24) is 20.1 Å². The number of methoxy groups -OCH3 is 1. The maximum Gasteiger partial charge on any atom is 0.220 e. The number of carbonyl (C=O) groups excluding carboxylic acids is 1. The molecule has 25 heavy (non-hydrogen) atoms. The first-order valence-corrected chi connectivity index (χ1v) is 9.07. The molecule has 6 heteroatoms. The summed E-state index contributed by atoms with van der Waals surface area (Å²) in [6.07, 6.45) is 6.61. The monoisotopic (exact) mass is 342 g/mol. The number of rotatable bonds is 7. The molecule has 0 spiro atoms. The van der Waals surface area contributed by atoms with Gasteiger partial charge in [-0.2, -0.15) is 0 Å². The molecule has 0 fully saturated rings. The second-order valence-corrected chi connectivity index (χ2v) is 6.44. The number of ether oxygens (including phenoxy) is 1. The van der Waals surface area contributed by atoms with Crippen LogP contribution in [0.15, 0.2) is 24.3 Å². The highest BCUT2D eigenvalue weighted by Gasteiger charge is 2.14. The Bertz CT molecular complexity index is 694. The molecule has 0 unspecified atom stereocenters. The average Bonchev–Trinajstić information content (AvgIpc) is 2.87. The van der Waals surface area contributed by atoms with Gasteiger partial charge in [0, 0.05) is 32.4 Å². The van der Waals surface area contributed by atoms with Gasteiger partial charge in [0.05, 0.1) is 7.11 Å². The van der Waals surface area contributed by atoms with Crippen molar-refractivity contribution in [3.63, 3.8) is 0 Å². The Morgan fingerprint density at radius 1 is 1.16 bits per heavy atom. The number of aromatic nitrogens is 3. The normalized spacial score (nSPS) is 13.8. The lowest BCUT2D eigenvalue weighted by atomic mass is 10.1. The van der Waals surface area contributed by atoms with Crippen LogP contribution in [0.1, 0.15) is 42.9 Å². The van der Waals surface area contributed by atoms with Gasteiger partial charge in [-0.25, -0.2) is 0 Å². The van der Waals surface area contributed by atoms with Gasteiger partial charge in [-0.1, -0.05) is 18.6 Å². The molecule has 134 valence electrons. The van der Waals surface area contributed by atoms with Crippen LogP contribution in [0.2, 0.25) is 0 Å². The van der Waals surface area contributed by atoms with Crippen molar-refractivity contribution in [2.45, 2.75) is 51.5 Å². The van der Waals surface area contributed by atoms with E-state index in [1.165, 1.54) is 19.3 Å². The summed E-state index contributed by atoms with van der Waals surface area (Å²) in [7, 11) is 1.65. The Morgan fingerprint density at radius 2 is 2.00 bits per heavy atom. The third kappa shape index (κ3) is 4.81. The second kappa shape index (κ2) is 8.65. The topological polar surface area (TPSA) is 69.0 Å². The molecular formula is C19H26N4O2. The number of hydrogen-bond donors (Lipinski definition) is 1. The van der Waals surface area contributed by atoms with E-state index in [2.05, 4.69) is 20.1 Å². The fraction of sp³-hybridized carbons (Fsp3) is 0.526. The lowest BCUT2D eigenvalue weighted by molar-refractivity contribution is -0.121. The molecule has 2 heterocycles. The minimum atomic E-state index is 0.0754. The lowest BCUT2D eigenvalue weighted by Crippen LogP contribution is -2.26. The fourth-order valence-electron chi connectivity index (χ4n) is 3.18. The van der Waals surface area contributed by atoms with Gasteiger partial charge >= 0.3 is 0 Å². The molecule has 1 aromatic carbocycles. The molecule has 0 atom stereocenters. The number of carbonyl (C=O) groups is 1. The molecule has 2 aromatic rings. The van der Waals surface area contributed by atoms with Gasteiger partial charge < -0.3 is 14.6 Å². The van der Waals surface area contributed by atoms with Crippen molar-refractivity contribution < 1.29 is 9.53 Å². The highest BCUT2D eigenvalue weighted by molar-refractivity contribution is 5.76. The molecule has 1 aliphatic heterocycles. The zero-order chi connectivity index (χ0) is 17.5. The van der Waals surface area contributed by atoms with Crippen LogP contribution < -0.4 is 10.1 Å². The van der Waals surface area contributed by atoms with Crippen LogP contribution in [0.4, 0.5) is 0 Å². The number of nitrogens with one attached hydrogen (secondary N) is 1. The maximum absolute atomic E-state index is 12.0. The molecule has 1 aliphatic rings. The second-order valence-electron chi connectivity index (χ2n) is 6.44. The van der Waals surface area contributed by atoms with Crippen molar-refractivity contribution in [1.29, 1.82) is 0 Å². The first-order valence-electron chi connectivity index (χ1n) is 9.07. The molecule has 0 saturated heterocycles. The van der Waals surface area contributed by atoms with Crippen molar-refractivity contribution >= 4 is 5.91 Å². The van der Waals surface area contributed by atoms with E-state index in [-0.39, 0.29) is 5.91 Å². The van der Waals surface area contributed by atoms with E-state index in [4.69, 9.17) is 4.74 Å². The molecule has 0 bridgehead atoms. The van der Waals surface area contributed by atoms with Gasteiger partial charge in [0.2, 0.25) is 5.91 Å². The summed E-state index contributed by atoms with van der Waals surface area (Å²) in [5, 5.41) is 11.6. The zero-order valence-corrected chi connectivity index (χ0v) is 14.8. The highest BCUT2D eigenvalue weighted by Crippen LogP contribution is 2.15. The molecule has 3 rings (SSSR count). The Kier molecular flexibility index (Phi) is 6.04. The zero-order valence-electron chi connectivity index (χ0n) is 14.8. The van der Waals surface area contributed by atoms with Gasteiger partial charge in [-0.3, -0.25) is 4.79 Å². The Morgan fingerprint density at radius 3 is 2.80 bits per heavy atom. The van der Waals surface area contributed by atoms with E-state index in [0.29, 0.717) is 13.0 Å². The molecule has 0 saturated carbocycles. The molecule has 6 nitrogen and oxygen atoms in total. The predicted molar refractivity (Wildman–Crippen MR) is 95.6 cm³/mol. The van der Waals surface area contributed by atoms with Gasteiger partial charge in [0.25, 0.3) is 0 Å². The van der Waals surface area contributed by atoms with Crippen LogP contribution in [-0.2, 0) is 30.6 Å². The number of aryl methyl sites for hydroxylation is 2. The Hall–Kier alpha value is -2.37. The quantitative estimate of drug-likeness (QED) is 0.838. The third-order valence-corrected chi connectivity index (χ3v) is 4.66. The molecular weight excluding hydrogens is 316 g/mol. The van der Waals surface area contributed by atoms with Crippen molar-refractivity contribution in [3.8, 4) is 5.75 Å². The number of benzene rings is 1. The molecule has 0 aliphatic carbocycles. The smallest absolute Gasteiger partial charge is 0.220 e. The van der Waals surface area contributed by atoms with Crippen LogP contribution in [0.3, 0.4) is 0 Å². The van der Waals surface area contributed by atoms with Crippen LogP contribution in [-0.4, -0.2) is 34.3 Å². The molecule has 1 amide bonds. The SMILES string of the molecule is COc1ccc(CCC(=O)NCCc2nnc3n2CCCCC3)cc1.